The number of hydrogen-bond donors (Lipinski definition) is 1. The van der Waals surface area contributed by atoms with E-state index in [0.717, 1.165) is 16.8 Å². The van der Waals surface area contributed by atoms with E-state index in [9.17, 15) is 5.11 Å². The van der Waals surface area contributed by atoms with Gasteiger partial charge in [0.25, 0.3) is 0 Å². The van der Waals surface area contributed by atoms with Gasteiger partial charge < -0.3 is 5.11 Å². The Kier molecular flexibility index (Phi) is 2.78. The van der Waals surface area contributed by atoms with Crippen molar-refractivity contribution in [2.75, 3.05) is 0 Å². The molecule has 18 heavy (non-hydrogen) atoms. The third kappa shape index (κ3) is 1.88. The fourth-order valence-corrected chi connectivity index (χ4v) is 2.23. The Labute approximate surface area is 109 Å². The van der Waals surface area contributed by atoms with Gasteiger partial charge in [-0.25, -0.2) is 4.52 Å². The number of rotatable bonds is 2. The van der Waals surface area contributed by atoms with Crippen molar-refractivity contribution in [3.05, 3.63) is 59.2 Å². The number of aliphatic hydroxyl groups excluding tert-OH is 1. The lowest BCUT2D eigenvalue weighted by Crippen LogP contribution is -1.98. The summed E-state index contributed by atoms with van der Waals surface area (Å²) in [4.78, 5) is 0. The van der Waals surface area contributed by atoms with Crippen molar-refractivity contribution < 1.29 is 5.11 Å². The van der Waals surface area contributed by atoms with Crippen molar-refractivity contribution in [3.8, 4) is 11.3 Å². The summed E-state index contributed by atoms with van der Waals surface area (Å²) in [7, 11) is 0. The third-order valence-corrected chi connectivity index (χ3v) is 3.05. The molecule has 3 aromatic rings. The first-order valence-electron chi connectivity index (χ1n) is 5.62. The van der Waals surface area contributed by atoms with Crippen molar-refractivity contribution in [2.24, 2.45) is 0 Å². The molecule has 4 heteroatoms. The average molecular weight is 259 g/mol. The molecular formula is C14H11ClN2O. The monoisotopic (exact) mass is 258 g/mol. The number of hydrogen-bond acceptors (Lipinski definition) is 2. The lowest BCUT2D eigenvalue weighted by Gasteiger charge is -2.01. The van der Waals surface area contributed by atoms with Crippen LogP contribution in [0.3, 0.4) is 0 Å². The van der Waals surface area contributed by atoms with Gasteiger partial charge in [0.05, 0.1) is 23.5 Å². The van der Waals surface area contributed by atoms with Crippen LogP contribution >= 0.6 is 11.6 Å². The maximum absolute atomic E-state index is 9.32. The van der Waals surface area contributed by atoms with Crippen LogP contribution in [0.5, 0.6) is 0 Å². The molecule has 0 radical (unpaired) electrons. The summed E-state index contributed by atoms with van der Waals surface area (Å²) < 4.78 is 1.72. The fourth-order valence-electron chi connectivity index (χ4n) is 1.99. The average Bonchev–Trinajstić information content (AvgIpc) is 2.82. The molecule has 90 valence electrons. The number of aliphatic hydroxyl groups is 1. The minimum absolute atomic E-state index is 0.0903. The number of halogens is 1. The fraction of sp³-hybridized carbons (Fsp3) is 0.0714. The molecule has 0 unspecified atom stereocenters. The first-order valence-corrected chi connectivity index (χ1v) is 6.00. The van der Waals surface area contributed by atoms with Gasteiger partial charge in [-0.15, -0.1) is 0 Å². The second kappa shape index (κ2) is 4.44. The highest BCUT2D eigenvalue weighted by molar-refractivity contribution is 6.31. The first-order chi connectivity index (χ1) is 8.78. The molecule has 2 aromatic heterocycles. The maximum atomic E-state index is 9.32. The molecule has 0 aliphatic carbocycles. The molecule has 0 bridgehead atoms. The summed E-state index contributed by atoms with van der Waals surface area (Å²) >= 11 is 6.01. The molecule has 1 N–H and O–H groups in total. The molecule has 2 heterocycles. The van der Waals surface area contributed by atoms with Crippen LogP contribution in [-0.4, -0.2) is 14.7 Å². The van der Waals surface area contributed by atoms with Gasteiger partial charge >= 0.3 is 0 Å². The van der Waals surface area contributed by atoms with E-state index in [1.165, 1.54) is 0 Å². The van der Waals surface area contributed by atoms with Gasteiger partial charge in [0.2, 0.25) is 0 Å². The van der Waals surface area contributed by atoms with Crippen LogP contribution in [0.15, 0.2) is 48.5 Å². The highest BCUT2D eigenvalue weighted by atomic mass is 35.5. The van der Waals surface area contributed by atoms with Crippen molar-refractivity contribution in [3.63, 3.8) is 0 Å². The normalized spacial score (nSPS) is 11.0. The van der Waals surface area contributed by atoms with Gasteiger partial charge in [-0.1, -0.05) is 41.9 Å². The first kappa shape index (κ1) is 11.3. The standard InChI is InChI=1S/C14H11ClN2O/c15-11-6-12-8-14(10-4-2-1-3-5-10)16-17(12)13(7-11)9-18/h1-8,18H,9H2. The van der Waals surface area contributed by atoms with E-state index in [2.05, 4.69) is 5.10 Å². The lowest BCUT2D eigenvalue weighted by atomic mass is 10.1. The molecule has 0 saturated heterocycles. The zero-order chi connectivity index (χ0) is 12.5. The SMILES string of the molecule is OCc1cc(Cl)cc2cc(-c3ccccc3)nn12. The molecule has 0 fully saturated rings. The van der Waals surface area contributed by atoms with Crippen molar-refractivity contribution >= 4 is 17.1 Å². The Balaban J connectivity index is 2.23. The molecule has 3 rings (SSSR count). The second-order valence-corrected chi connectivity index (χ2v) is 4.49. The van der Waals surface area contributed by atoms with Gasteiger partial charge in [0, 0.05) is 10.6 Å². The number of pyridine rings is 1. The van der Waals surface area contributed by atoms with Gasteiger partial charge in [0.1, 0.15) is 0 Å². The van der Waals surface area contributed by atoms with Crippen LogP contribution in [0.1, 0.15) is 5.69 Å². The maximum Gasteiger partial charge on any atom is 0.0933 e. The molecular weight excluding hydrogens is 248 g/mol. The van der Waals surface area contributed by atoms with Crippen molar-refractivity contribution in [2.45, 2.75) is 6.61 Å². The van der Waals surface area contributed by atoms with Crippen LogP contribution < -0.4 is 0 Å². The minimum Gasteiger partial charge on any atom is -0.390 e. The second-order valence-electron chi connectivity index (χ2n) is 4.06. The molecule has 1 aromatic carbocycles. The molecule has 0 aliphatic rings. The largest absolute Gasteiger partial charge is 0.390 e. The summed E-state index contributed by atoms with van der Waals surface area (Å²) in [6.07, 6.45) is 0. The molecule has 0 atom stereocenters. The summed E-state index contributed by atoms with van der Waals surface area (Å²) in [6.45, 7) is -0.0903. The Morgan fingerprint density at radius 2 is 1.89 bits per heavy atom. The van der Waals surface area contributed by atoms with Crippen LogP contribution in [0.2, 0.25) is 5.02 Å². The molecule has 0 aliphatic heterocycles. The van der Waals surface area contributed by atoms with Crippen LogP contribution in [-0.2, 0) is 6.61 Å². The molecule has 0 amide bonds. The summed E-state index contributed by atoms with van der Waals surface area (Å²) in [5, 5.41) is 14.4. The van der Waals surface area contributed by atoms with E-state index in [1.807, 2.05) is 42.5 Å². The molecule has 3 nitrogen and oxygen atoms in total. The zero-order valence-electron chi connectivity index (χ0n) is 9.55. The molecule has 0 saturated carbocycles. The van der Waals surface area contributed by atoms with Gasteiger partial charge in [0.15, 0.2) is 0 Å². The van der Waals surface area contributed by atoms with E-state index in [4.69, 9.17) is 11.6 Å². The number of aromatic nitrogens is 2. The smallest absolute Gasteiger partial charge is 0.0933 e. The number of nitrogens with zero attached hydrogens (tertiary/aromatic N) is 2. The van der Waals surface area contributed by atoms with Crippen LogP contribution in [0.4, 0.5) is 0 Å². The van der Waals surface area contributed by atoms with E-state index in [1.54, 1.807) is 10.6 Å². The summed E-state index contributed by atoms with van der Waals surface area (Å²) in [5.74, 6) is 0. The summed E-state index contributed by atoms with van der Waals surface area (Å²) in [6, 6.07) is 15.4. The number of benzene rings is 1. The van der Waals surface area contributed by atoms with Crippen LogP contribution in [0, 0.1) is 0 Å². The Hall–Kier alpha value is -1.84. The quantitative estimate of drug-likeness (QED) is 0.767. The van der Waals surface area contributed by atoms with Gasteiger partial charge in [-0.2, -0.15) is 5.10 Å². The number of fused-ring (bicyclic) bond motifs is 1. The Morgan fingerprint density at radius 3 is 2.61 bits per heavy atom. The lowest BCUT2D eigenvalue weighted by molar-refractivity contribution is 0.273. The van der Waals surface area contributed by atoms with Crippen molar-refractivity contribution in [1.29, 1.82) is 0 Å². The third-order valence-electron chi connectivity index (χ3n) is 2.83. The zero-order valence-corrected chi connectivity index (χ0v) is 10.3. The van der Waals surface area contributed by atoms with Crippen molar-refractivity contribution in [1.82, 2.24) is 9.61 Å². The van der Waals surface area contributed by atoms with Gasteiger partial charge in [-0.3, -0.25) is 0 Å². The van der Waals surface area contributed by atoms with E-state index < -0.39 is 0 Å². The topological polar surface area (TPSA) is 37.5 Å². The predicted octanol–water partition coefficient (Wildman–Crippen LogP) is 3.15. The van der Waals surface area contributed by atoms with E-state index in [0.29, 0.717) is 10.7 Å². The summed E-state index contributed by atoms with van der Waals surface area (Å²) in [5.41, 5.74) is 3.47. The highest BCUT2D eigenvalue weighted by Crippen LogP contribution is 2.23. The predicted molar refractivity (Wildman–Crippen MR) is 71.6 cm³/mol. The highest BCUT2D eigenvalue weighted by Gasteiger charge is 2.08. The van der Waals surface area contributed by atoms with Crippen LogP contribution in [0.25, 0.3) is 16.8 Å². The van der Waals surface area contributed by atoms with Gasteiger partial charge in [-0.05, 0) is 18.2 Å². The Bertz CT molecular complexity index is 692. The molecule has 0 spiro atoms. The minimum atomic E-state index is -0.0903. The Morgan fingerprint density at radius 1 is 1.11 bits per heavy atom. The van der Waals surface area contributed by atoms with E-state index in [-0.39, 0.29) is 6.61 Å². The van der Waals surface area contributed by atoms with E-state index >= 15 is 0 Å².